The third-order valence-electron chi connectivity index (χ3n) is 4.63. The quantitative estimate of drug-likeness (QED) is 0.756. The lowest BCUT2D eigenvalue weighted by molar-refractivity contribution is 0.167. The first-order chi connectivity index (χ1) is 8.25. The average Bonchev–Trinajstić information content (AvgIpc) is 2.26. The van der Waals surface area contributed by atoms with Crippen LogP contribution in [0.15, 0.2) is 0 Å². The maximum Gasteiger partial charge on any atom is 0.0230 e. The van der Waals surface area contributed by atoms with Gasteiger partial charge in [-0.15, -0.1) is 0 Å². The number of rotatable bonds is 6. The molecule has 17 heavy (non-hydrogen) atoms. The van der Waals surface area contributed by atoms with E-state index in [-0.39, 0.29) is 0 Å². The van der Waals surface area contributed by atoms with E-state index in [2.05, 4.69) is 29.2 Å². The van der Waals surface area contributed by atoms with Crippen LogP contribution in [0.2, 0.25) is 0 Å². The molecular formula is C14H29N3. The normalized spacial score (nSPS) is 27.4. The molecule has 3 heteroatoms. The number of nitrogens with zero attached hydrogens (tertiary/aromatic N) is 2. The van der Waals surface area contributed by atoms with Crippen LogP contribution in [-0.4, -0.2) is 62.7 Å². The van der Waals surface area contributed by atoms with E-state index in [0.717, 1.165) is 18.5 Å². The summed E-state index contributed by atoms with van der Waals surface area (Å²) in [6.07, 6.45) is 7.19. The van der Waals surface area contributed by atoms with Gasteiger partial charge in [0.15, 0.2) is 0 Å². The Morgan fingerprint density at radius 2 is 2.00 bits per heavy atom. The SMILES string of the molecule is CN(CCC1CCC1)CCC1CNCCN1C. The Balaban J connectivity index is 1.56. The maximum atomic E-state index is 3.50. The zero-order valence-electron chi connectivity index (χ0n) is 11.6. The van der Waals surface area contributed by atoms with Gasteiger partial charge in [0.05, 0.1) is 0 Å². The van der Waals surface area contributed by atoms with Gasteiger partial charge in [0.1, 0.15) is 0 Å². The molecule has 3 nitrogen and oxygen atoms in total. The molecule has 2 aliphatic rings. The summed E-state index contributed by atoms with van der Waals surface area (Å²) in [5, 5.41) is 3.50. The second kappa shape index (κ2) is 6.72. The number of hydrogen-bond acceptors (Lipinski definition) is 3. The molecule has 0 bridgehead atoms. The molecule has 1 saturated carbocycles. The predicted molar refractivity (Wildman–Crippen MR) is 73.4 cm³/mol. The number of likely N-dealkylation sites (N-methyl/N-ethyl adjacent to an activating group) is 1. The standard InChI is InChI=1S/C14H29N3/c1-16(9-6-13-4-3-5-13)10-7-14-12-15-8-11-17(14)2/h13-15H,3-12H2,1-2H3. The lowest BCUT2D eigenvalue weighted by Crippen LogP contribution is -2.50. The van der Waals surface area contributed by atoms with Crippen molar-refractivity contribution < 1.29 is 0 Å². The van der Waals surface area contributed by atoms with Crippen LogP contribution in [-0.2, 0) is 0 Å². The Morgan fingerprint density at radius 1 is 1.24 bits per heavy atom. The van der Waals surface area contributed by atoms with Gasteiger partial charge in [-0.05, 0) is 45.9 Å². The van der Waals surface area contributed by atoms with Crippen LogP contribution in [0.4, 0.5) is 0 Å². The summed E-state index contributed by atoms with van der Waals surface area (Å²) >= 11 is 0. The van der Waals surface area contributed by atoms with Crippen LogP contribution < -0.4 is 5.32 Å². The van der Waals surface area contributed by atoms with Crippen molar-refractivity contribution in [3.63, 3.8) is 0 Å². The van der Waals surface area contributed by atoms with Crippen molar-refractivity contribution in [1.29, 1.82) is 0 Å². The lowest BCUT2D eigenvalue weighted by Gasteiger charge is -2.34. The van der Waals surface area contributed by atoms with E-state index in [0.29, 0.717) is 0 Å². The highest BCUT2D eigenvalue weighted by Gasteiger charge is 2.20. The average molecular weight is 239 g/mol. The maximum absolute atomic E-state index is 3.50. The molecule has 1 N–H and O–H groups in total. The van der Waals surface area contributed by atoms with Crippen molar-refractivity contribution in [2.24, 2.45) is 5.92 Å². The minimum absolute atomic E-state index is 0.745. The van der Waals surface area contributed by atoms with Gasteiger partial charge in [-0.1, -0.05) is 19.3 Å². The van der Waals surface area contributed by atoms with Gasteiger partial charge in [0.2, 0.25) is 0 Å². The summed E-state index contributed by atoms with van der Waals surface area (Å²) in [6.45, 7) is 6.09. The minimum Gasteiger partial charge on any atom is -0.314 e. The molecule has 0 aromatic carbocycles. The molecule has 1 atom stereocenters. The van der Waals surface area contributed by atoms with Crippen molar-refractivity contribution in [3.8, 4) is 0 Å². The van der Waals surface area contributed by atoms with Crippen LogP contribution >= 0.6 is 0 Å². The monoisotopic (exact) mass is 239 g/mol. The molecule has 1 heterocycles. The second-order valence-corrected chi connectivity index (χ2v) is 6.02. The first-order valence-electron chi connectivity index (χ1n) is 7.35. The van der Waals surface area contributed by atoms with Crippen LogP contribution in [0.25, 0.3) is 0 Å². The highest BCUT2D eigenvalue weighted by Crippen LogP contribution is 2.29. The molecule has 0 spiro atoms. The van der Waals surface area contributed by atoms with E-state index in [9.17, 15) is 0 Å². The molecule has 100 valence electrons. The lowest BCUT2D eigenvalue weighted by atomic mass is 9.83. The Bertz CT molecular complexity index is 216. The van der Waals surface area contributed by atoms with E-state index in [1.54, 1.807) is 0 Å². The molecule has 0 radical (unpaired) electrons. The summed E-state index contributed by atoms with van der Waals surface area (Å²) in [5.41, 5.74) is 0. The van der Waals surface area contributed by atoms with Gasteiger partial charge in [0.25, 0.3) is 0 Å². The van der Waals surface area contributed by atoms with Gasteiger partial charge in [0, 0.05) is 25.7 Å². The van der Waals surface area contributed by atoms with Crippen LogP contribution in [0, 0.1) is 5.92 Å². The van der Waals surface area contributed by atoms with Crippen molar-refractivity contribution in [1.82, 2.24) is 15.1 Å². The minimum atomic E-state index is 0.745. The Labute approximate surface area is 107 Å². The summed E-state index contributed by atoms with van der Waals surface area (Å²) in [5.74, 6) is 1.05. The zero-order valence-corrected chi connectivity index (χ0v) is 11.6. The van der Waals surface area contributed by atoms with E-state index in [4.69, 9.17) is 0 Å². The third-order valence-corrected chi connectivity index (χ3v) is 4.63. The van der Waals surface area contributed by atoms with Crippen LogP contribution in [0.5, 0.6) is 0 Å². The first kappa shape index (κ1) is 13.3. The van der Waals surface area contributed by atoms with E-state index in [1.165, 1.54) is 58.3 Å². The van der Waals surface area contributed by atoms with Gasteiger partial charge >= 0.3 is 0 Å². The smallest absolute Gasteiger partial charge is 0.0230 e. The fraction of sp³-hybridized carbons (Fsp3) is 1.00. The molecule has 1 aliphatic carbocycles. The number of piperazine rings is 1. The van der Waals surface area contributed by atoms with Gasteiger partial charge < -0.3 is 15.1 Å². The summed E-state index contributed by atoms with van der Waals surface area (Å²) in [7, 11) is 4.55. The van der Waals surface area contributed by atoms with E-state index < -0.39 is 0 Å². The molecule has 1 saturated heterocycles. The van der Waals surface area contributed by atoms with Crippen molar-refractivity contribution in [2.75, 3.05) is 46.8 Å². The van der Waals surface area contributed by atoms with Gasteiger partial charge in [-0.25, -0.2) is 0 Å². The largest absolute Gasteiger partial charge is 0.314 e. The molecular weight excluding hydrogens is 210 g/mol. The van der Waals surface area contributed by atoms with Crippen LogP contribution in [0.3, 0.4) is 0 Å². The summed E-state index contributed by atoms with van der Waals surface area (Å²) in [4.78, 5) is 5.04. The van der Waals surface area contributed by atoms with E-state index >= 15 is 0 Å². The second-order valence-electron chi connectivity index (χ2n) is 6.02. The van der Waals surface area contributed by atoms with Gasteiger partial charge in [-0.2, -0.15) is 0 Å². The molecule has 2 rings (SSSR count). The molecule has 0 aromatic rings. The number of hydrogen-bond donors (Lipinski definition) is 1. The Kier molecular flexibility index (Phi) is 5.26. The molecule has 2 fully saturated rings. The fourth-order valence-corrected chi connectivity index (χ4v) is 2.85. The Morgan fingerprint density at radius 3 is 2.65 bits per heavy atom. The predicted octanol–water partition coefficient (Wildman–Crippen LogP) is 1.40. The Hall–Kier alpha value is -0.120. The summed E-state index contributed by atoms with van der Waals surface area (Å²) in [6, 6.07) is 0.745. The highest BCUT2D eigenvalue weighted by molar-refractivity contribution is 4.78. The number of nitrogens with one attached hydrogen (secondary N) is 1. The fourth-order valence-electron chi connectivity index (χ4n) is 2.85. The van der Waals surface area contributed by atoms with Crippen LogP contribution in [0.1, 0.15) is 32.1 Å². The first-order valence-corrected chi connectivity index (χ1v) is 7.35. The van der Waals surface area contributed by atoms with Gasteiger partial charge in [-0.3, -0.25) is 0 Å². The summed E-state index contributed by atoms with van der Waals surface area (Å²) < 4.78 is 0. The topological polar surface area (TPSA) is 18.5 Å². The molecule has 0 amide bonds. The van der Waals surface area contributed by atoms with Crippen molar-refractivity contribution >= 4 is 0 Å². The third kappa shape index (κ3) is 4.23. The highest BCUT2D eigenvalue weighted by atomic mass is 15.2. The molecule has 1 unspecified atom stereocenters. The zero-order chi connectivity index (χ0) is 12.1. The van der Waals surface area contributed by atoms with Crippen molar-refractivity contribution in [2.45, 2.75) is 38.1 Å². The molecule has 1 aliphatic heterocycles. The van der Waals surface area contributed by atoms with E-state index in [1.807, 2.05) is 0 Å². The molecule has 0 aromatic heterocycles. The van der Waals surface area contributed by atoms with Crippen molar-refractivity contribution in [3.05, 3.63) is 0 Å².